The van der Waals surface area contributed by atoms with Crippen molar-refractivity contribution in [3.8, 4) is 39.5 Å². The average molecular weight is 948 g/mol. The topological polar surface area (TPSA) is 189 Å². The number of fused-ring (bicyclic) bond motifs is 5. The molecule has 3 aliphatic heterocycles. The number of carbonyl (C=O) groups excluding carboxylic acids is 4. The summed E-state index contributed by atoms with van der Waals surface area (Å²) in [5.74, 6) is 1.24. The Hall–Kier alpha value is -6.69. The van der Waals surface area contributed by atoms with Crippen molar-refractivity contribution >= 4 is 46.2 Å². The van der Waals surface area contributed by atoms with E-state index in [4.69, 9.17) is 19.2 Å². The van der Waals surface area contributed by atoms with Gasteiger partial charge in [0.1, 0.15) is 35.7 Å². The van der Waals surface area contributed by atoms with Crippen molar-refractivity contribution in [3.05, 3.63) is 88.4 Å². The second-order valence-electron chi connectivity index (χ2n) is 18.9. The number of alkyl carbamates (subject to hydrolysis) is 2. The fourth-order valence-electron chi connectivity index (χ4n) is 9.70. The van der Waals surface area contributed by atoms with Crippen LogP contribution in [0.5, 0.6) is 5.75 Å². The minimum absolute atomic E-state index is 0.0783. The zero-order chi connectivity index (χ0) is 48.1. The van der Waals surface area contributed by atoms with Gasteiger partial charge in [-0.25, -0.2) is 23.9 Å². The smallest absolute Gasteiger partial charge is 0.407 e. The van der Waals surface area contributed by atoms with E-state index in [1.807, 2.05) is 45.9 Å². The SMILES string of the molecule is COC(=O)N[C@H](C(=O)N1CCC[C@H]1c1ncc(-c2ccc3c(c2)OC(c2ccc(C(C)C)s2)n2c-3cc3cc(-c4cnc([C@@H]5C[C@@H](F)CN5C(=O)[C@@H](NC(=O)OC)C(C)C)[nH]4)ccc32)[nH]1)C(C)C. The molecule has 16 nitrogen and oxygen atoms in total. The summed E-state index contributed by atoms with van der Waals surface area (Å²) < 4.78 is 33.9. The number of ether oxygens (including phenoxy) is 3. The van der Waals surface area contributed by atoms with Gasteiger partial charge in [0.2, 0.25) is 18.0 Å². The van der Waals surface area contributed by atoms with Crippen LogP contribution in [0.3, 0.4) is 0 Å². The van der Waals surface area contributed by atoms with E-state index in [-0.39, 0.29) is 36.8 Å². The Balaban J connectivity index is 1.02. The molecule has 358 valence electrons. The number of amides is 4. The van der Waals surface area contributed by atoms with Crippen LogP contribution in [0.25, 0.3) is 44.7 Å². The van der Waals surface area contributed by atoms with Crippen LogP contribution in [0.15, 0.2) is 67.0 Å². The van der Waals surface area contributed by atoms with Crippen LogP contribution < -0.4 is 15.4 Å². The molecule has 0 radical (unpaired) electrons. The average Bonchev–Trinajstić information content (AvgIpc) is 4.19. The number of hydrogen-bond donors (Lipinski definition) is 4. The minimum Gasteiger partial charge on any atom is -0.464 e. The number of carbonyl (C=O) groups is 4. The van der Waals surface area contributed by atoms with Gasteiger partial charge in [-0.05, 0) is 73.1 Å². The Bertz CT molecular complexity index is 2860. The van der Waals surface area contributed by atoms with E-state index in [0.29, 0.717) is 35.6 Å². The summed E-state index contributed by atoms with van der Waals surface area (Å²) in [6, 6.07) is 16.3. The van der Waals surface area contributed by atoms with Crippen LogP contribution in [-0.4, -0.2) is 104 Å². The number of alkyl halides is 1. The van der Waals surface area contributed by atoms with E-state index in [1.54, 1.807) is 28.6 Å². The molecule has 4 amide bonds. The quantitative estimate of drug-likeness (QED) is 0.0927. The van der Waals surface area contributed by atoms with Crippen LogP contribution >= 0.6 is 11.3 Å². The number of halogens is 1. The predicted octanol–water partition coefficient (Wildman–Crippen LogP) is 9.25. The van der Waals surface area contributed by atoms with Gasteiger partial charge in [0.15, 0.2) is 0 Å². The number of H-pyrrole nitrogens is 2. The van der Waals surface area contributed by atoms with Gasteiger partial charge in [-0.1, -0.05) is 53.7 Å². The summed E-state index contributed by atoms with van der Waals surface area (Å²) >= 11 is 1.73. The normalized spacial score (nSPS) is 19.8. The Kier molecular flexibility index (Phi) is 12.8. The summed E-state index contributed by atoms with van der Waals surface area (Å²) in [6.45, 7) is 12.2. The van der Waals surface area contributed by atoms with Gasteiger partial charge in [-0.2, -0.15) is 0 Å². The van der Waals surface area contributed by atoms with Crippen LogP contribution in [0.1, 0.15) is 106 Å². The number of rotatable bonds is 12. The summed E-state index contributed by atoms with van der Waals surface area (Å²) in [4.78, 5) is 73.8. The maximum absolute atomic E-state index is 15.1. The second-order valence-corrected chi connectivity index (χ2v) is 20.0. The first-order valence-electron chi connectivity index (χ1n) is 23.2. The number of benzene rings is 2. The highest BCUT2D eigenvalue weighted by Gasteiger charge is 2.42. The molecule has 6 aromatic rings. The lowest BCUT2D eigenvalue weighted by Crippen LogP contribution is -2.51. The first-order valence-corrected chi connectivity index (χ1v) is 24.1. The second kappa shape index (κ2) is 18.8. The molecule has 2 aromatic carbocycles. The first-order chi connectivity index (χ1) is 32.6. The molecular weight excluding hydrogens is 890 g/mol. The monoisotopic (exact) mass is 947 g/mol. The number of nitrogens with one attached hydrogen (secondary N) is 4. The van der Waals surface area contributed by atoms with Crippen molar-refractivity contribution in [2.24, 2.45) is 11.8 Å². The highest BCUT2D eigenvalue weighted by molar-refractivity contribution is 7.12. The van der Waals surface area contributed by atoms with Crippen LogP contribution in [0.2, 0.25) is 0 Å². The van der Waals surface area contributed by atoms with Crippen LogP contribution in [0.4, 0.5) is 14.0 Å². The summed E-state index contributed by atoms with van der Waals surface area (Å²) in [6.07, 6.45) is 2.05. The number of methoxy groups -OCH3 is 2. The molecule has 68 heavy (non-hydrogen) atoms. The molecule has 3 aliphatic rings. The van der Waals surface area contributed by atoms with E-state index in [9.17, 15) is 19.2 Å². The van der Waals surface area contributed by atoms with Gasteiger partial charge in [-0.3, -0.25) is 14.2 Å². The van der Waals surface area contributed by atoms with Gasteiger partial charge in [-0.15, -0.1) is 11.3 Å². The Morgan fingerprint density at radius 3 is 2.03 bits per heavy atom. The summed E-state index contributed by atoms with van der Waals surface area (Å²) in [7, 11) is 2.52. The Morgan fingerprint density at radius 1 is 0.794 bits per heavy atom. The summed E-state index contributed by atoms with van der Waals surface area (Å²) in [5, 5.41) is 6.31. The van der Waals surface area contributed by atoms with Gasteiger partial charge < -0.3 is 44.6 Å². The van der Waals surface area contributed by atoms with Gasteiger partial charge in [0, 0.05) is 39.9 Å². The number of aromatic amines is 2. The van der Waals surface area contributed by atoms with E-state index >= 15 is 4.39 Å². The number of thiophene rings is 1. The molecule has 1 unspecified atom stereocenters. The molecule has 0 aliphatic carbocycles. The lowest BCUT2D eigenvalue weighted by Gasteiger charge is -2.30. The summed E-state index contributed by atoms with van der Waals surface area (Å²) in [5.41, 5.74) is 6.12. The van der Waals surface area contributed by atoms with E-state index in [2.05, 4.69) is 80.4 Å². The van der Waals surface area contributed by atoms with Crippen molar-refractivity contribution in [1.82, 2.24) is 44.9 Å². The third kappa shape index (κ3) is 8.69. The lowest BCUT2D eigenvalue weighted by atomic mass is 10.0. The molecule has 2 fully saturated rings. The maximum Gasteiger partial charge on any atom is 0.407 e. The van der Waals surface area contributed by atoms with Crippen LogP contribution in [-0.2, 0) is 19.1 Å². The maximum atomic E-state index is 15.1. The van der Waals surface area contributed by atoms with E-state index in [1.165, 1.54) is 24.0 Å². The molecule has 7 heterocycles. The number of aromatic nitrogens is 5. The minimum atomic E-state index is -1.25. The van der Waals surface area contributed by atoms with Crippen molar-refractivity contribution in [2.75, 3.05) is 27.3 Å². The highest BCUT2D eigenvalue weighted by Crippen LogP contribution is 2.47. The van der Waals surface area contributed by atoms with Gasteiger partial charge >= 0.3 is 12.2 Å². The zero-order valence-corrected chi connectivity index (χ0v) is 40.3. The fraction of sp³-hybridized carbons (Fsp3) is 0.440. The molecular formula is C50H58FN9O7S. The van der Waals surface area contributed by atoms with E-state index in [0.717, 1.165) is 56.7 Å². The van der Waals surface area contributed by atoms with Gasteiger partial charge in [0.25, 0.3) is 0 Å². The van der Waals surface area contributed by atoms with Crippen molar-refractivity contribution in [3.63, 3.8) is 0 Å². The Morgan fingerprint density at radius 2 is 1.41 bits per heavy atom. The van der Waals surface area contributed by atoms with Crippen LogP contribution in [0, 0.1) is 11.8 Å². The van der Waals surface area contributed by atoms with Crippen molar-refractivity contribution in [2.45, 2.75) is 103 Å². The van der Waals surface area contributed by atoms with Crippen molar-refractivity contribution in [1.29, 1.82) is 0 Å². The largest absolute Gasteiger partial charge is 0.464 e. The molecule has 9 rings (SSSR count). The predicted molar refractivity (Wildman–Crippen MR) is 256 cm³/mol. The molecule has 6 atom stereocenters. The molecule has 4 aromatic heterocycles. The molecule has 18 heteroatoms. The standard InChI is InChI=1S/C50H58FN9O7S/c1-25(2)40-15-16-41(68-40)48-60-35-14-12-28(33-22-53-45(55-33)38-21-31(51)24-59(38)47(62)43(27(5)6)57-50(64)66-8)18-30(35)19-37(60)32-13-11-29(20-39(32)67-48)34-23-52-44(54-34)36-10-9-17-58(36)46(61)42(26(3)4)56-49(63)65-7/h11-16,18-20,22-23,25-27,31,36,38,42-43,48H,9-10,17,21,24H2,1-8H3,(H,52,54)(H,53,55)(H,56,63)(H,57,64)/t31-,36+,38+,42+,43+,48?/m1/s1. The third-order valence-electron chi connectivity index (χ3n) is 13.3. The number of nitrogens with zero attached hydrogens (tertiary/aromatic N) is 5. The molecule has 4 N–H and O–H groups in total. The highest BCUT2D eigenvalue weighted by atomic mass is 32.1. The fourth-order valence-corrected chi connectivity index (χ4v) is 10.7. The molecule has 0 bridgehead atoms. The third-order valence-corrected chi connectivity index (χ3v) is 14.7. The molecule has 0 spiro atoms. The van der Waals surface area contributed by atoms with Crippen molar-refractivity contribution < 1.29 is 37.8 Å². The van der Waals surface area contributed by atoms with Gasteiger partial charge in [0.05, 0.1) is 72.7 Å². The number of hydrogen-bond acceptors (Lipinski definition) is 10. The van der Waals surface area contributed by atoms with E-state index < -0.39 is 48.6 Å². The molecule has 2 saturated heterocycles. The number of imidazole rings is 2. The lowest BCUT2D eigenvalue weighted by molar-refractivity contribution is -0.136. The Labute approximate surface area is 398 Å². The first kappa shape index (κ1) is 46.4. The molecule has 0 saturated carbocycles. The zero-order valence-electron chi connectivity index (χ0n) is 39.5. The number of likely N-dealkylation sites (tertiary alicyclic amines) is 2.